The molecule has 2 rings (SSSR count). The average molecular weight is 306 g/mol. The maximum atomic E-state index is 13.2. The van der Waals surface area contributed by atoms with Crippen LogP contribution >= 0.6 is 39.0 Å². The fourth-order valence-corrected chi connectivity index (χ4v) is 2.78. The summed E-state index contributed by atoms with van der Waals surface area (Å²) >= 11 is 5.76. The smallest absolute Gasteiger partial charge is 0.178 e. The number of aromatic nitrogens is 2. The molecule has 0 amide bonds. The largest absolute Gasteiger partial charge is 0.398 e. The van der Waals surface area contributed by atoms with Crippen molar-refractivity contribution in [3.8, 4) is 0 Å². The first-order chi connectivity index (χ1) is 7.16. The number of hydrogen-bond acceptors (Lipinski definition) is 5. The Kier molecular flexibility index (Phi) is 3.22. The van der Waals surface area contributed by atoms with E-state index in [1.807, 2.05) is 0 Å². The van der Waals surface area contributed by atoms with Gasteiger partial charge in [-0.15, -0.1) is 10.2 Å². The Morgan fingerprint density at radius 3 is 2.93 bits per heavy atom. The van der Waals surface area contributed by atoms with E-state index in [0.717, 1.165) is 4.34 Å². The molecule has 2 aromatic rings. The summed E-state index contributed by atoms with van der Waals surface area (Å²) in [5.41, 5.74) is 7.88. The van der Waals surface area contributed by atoms with Crippen molar-refractivity contribution in [3.63, 3.8) is 0 Å². The van der Waals surface area contributed by atoms with Gasteiger partial charge in [0.25, 0.3) is 0 Å². The van der Waals surface area contributed by atoms with Gasteiger partial charge in [0.1, 0.15) is 11.3 Å². The van der Waals surface area contributed by atoms with Gasteiger partial charge in [-0.05, 0) is 28.1 Å². The van der Waals surface area contributed by atoms with Gasteiger partial charge in [0.15, 0.2) is 4.34 Å². The number of nitrogens with two attached hydrogens (primary N) is 1. The standard InChI is InChI=1S/C8H5BrFN3S2/c9-4-1-6(11)7(2-5(4)10)15-8-13-12-3-14-8/h1-3H,11H2. The van der Waals surface area contributed by atoms with Crippen LogP contribution in [0.25, 0.3) is 0 Å². The van der Waals surface area contributed by atoms with E-state index in [1.54, 1.807) is 11.6 Å². The summed E-state index contributed by atoms with van der Waals surface area (Å²) in [7, 11) is 0. The lowest BCUT2D eigenvalue weighted by Gasteiger charge is -2.04. The number of benzene rings is 1. The predicted molar refractivity (Wildman–Crippen MR) is 62.5 cm³/mol. The van der Waals surface area contributed by atoms with Crippen molar-refractivity contribution in [3.05, 3.63) is 27.9 Å². The van der Waals surface area contributed by atoms with Gasteiger partial charge in [-0.25, -0.2) is 4.39 Å². The van der Waals surface area contributed by atoms with Crippen molar-refractivity contribution in [2.45, 2.75) is 9.24 Å². The molecule has 7 heteroatoms. The number of nitrogen functional groups attached to an aromatic ring is 1. The van der Waals surface area contributed by atoms with Crippen molar-refractivity contribution >= 4 is 44.7 Å². The number of nitrogens with zero attached hydrogens (tertiary/aromatic N) is 2. The highest BCUT2D eigenvalue weighted by Crippen LogP contribution is 2.35. The zero-order valence-electron chi connectivity index (χ0n) is 7.28. The highest BCUT2D eigenvalue weighted by molar-refractivity contribution is 9.10. The zero-order chi connectivity index (χ0) is 10.8. The molecular weight excluding hydrogens is 301 g/mol. The lowest BCUT2D eigenvalue weighted by molar-refractivity contribution is 0.618. The Labute approximate surface area is 102 Å². The summed E-state index contributed by atoms with van der Waals surface area (Å²) < 4.78 is 14.3. The maximum Gasteiger partial charge on any atom is 0.178 e. The van der Waals surface area contributed by atoms with E-state index < -0.39 is 0 Å². The first-order valence-corrected chi connectivity index (χ1v) is 6.34. The third-order valence-corrected chi connectivity index (χ3v) is 4.05. The molecule has 0 aliphatic heterocycles. The summed E-state index contributed by atoms with van der Waals surface area (Å²) in [4.78, 5) is 0.646. The highest BCUT2D eigenvalue weighted by Gasteiger charge is 2.09. The Hall–Kier alpha value is -0.660. The normalized spacial score (nSPS) is 10.5. The molecule has 1 aromatic carbocycles. The van der Waals surface area contributed by atoms with E-state index in [-0.39, 0.29) is 5.82 Å². The lowest BCUT2D eigenvalue weighted by Crippen LogP contribution is -1.90. The van der Waals surface area contributed by atoms with Gasteiger partial charge in [-0.1, -0.05) is 23.1 Å². The second kappa shape index (κ2) is 4.46. The van der Waals surface area contributed by atoms with Gasteiger partial charge in [0.2, 0.25) is 0 Å². The highest BCUT2D eigenvalue weighted by atomic mass is 79.9. The topological polar surface area (TPSA) is 51.8 Å². The van der Waals surface area contributed by atoms with Crippen LogP contribution in [0.1, 0.15) is 0 Å². The molecule has 1 heterocycles. The van der Waals surface area contributed by atoms with E-state index in [2.05, 4.69) is 26.1 Å². The molecule has 1 aromatic heterocycles. The van der Waals surface area contributed by atoms with Crippen molar-refractivity contribution in [2.24, 2.45) is 0 Å². The van der Waals surface area contributed by atoms with Gasteiger partial charge in [-0.3, -0.25) is 0 Å². The SMILES string of the molecule is Nc1cc(Br)c(F)cc1Sc1nncs1. The first kappa shape index (κ1) is 10.8. The summed E-state index contributed by atoms with van der Waals surface area (Å²) in [6.07, 6.45) is 0. The van der Waals surface area contributed by atoms with Gasteiger partial charge in [0, 0.05) is 10.6 Å². The molecule has 78 valence electrons. The molecule has 0 spiro atoms. The molecule has 0 aliphatic carbocycles. The van der Waals surface area contributed by atoms with Gasteiger partial charge in [-0.2, -0.15) is 0 Å². The molecule has 0 saturated heterocycles. The van der Waals surface area contributed by atoms with Crippen LogP contribution < -0.4 is 5.73 Å². The second-order valence-corrected chi connectivity index (χ2v) is 5.59. The average Bonchev–Trinajstić information content (AvgIpc) is 2.67. The number of hydrogen-bond donors (Lipinski definition) is 1. The molecule has 0 bridgehead atoms. The monoisotopic (exact) mass is 305 g/mol. The zero-order valence-corrected chi connectivity index (χ0v) is 10.5. The molecule has 3 nitrogen and oxygen atoms in total. The summed E-state index contributed by atoms with van der Waals surface area (Å²) in [6, 6.07) is 2.92. The van der Waals surface area contributed by atoms with Gasteiger partial charge < -0.3 is 5.73 Å². The van der Waals surface area contributed by atoms with Gasteiger partial charge in [0.05, 0.1) is 4.47 Å². The van der Waals surface area contributed by atoms with Crippen LogP contribution in [-0.2, 0) is 0 Å². The Morgan fingerprint density at radius 1 is 1.47 bits per heavy atom. The Balaban J connectivity index is 2.33. The molecule has 0 unspecified atom stereocenters. The van der Waals surface area contributed by atoms with E-state index in [4.69, 9.17) is 5.73 Å². The van der Waals surface area contributed by atoms with Crippen molar-refractivity contribution in [2.75, 3.05) is 5.73 Å². The van der Waals surface area contributed by atoms with Crippen LogP contribution in [0.5, 0.6) is 0 Å². The minimum atomic E-state index is -0.337. The van der Waals surface area contributed by atoms with Crippen LogP contribution in [-0.4, -0.2) is 10.2 Å². The van der Waals surface area contributed by atoms with Crippen molar-refractivity contribution in [1.82, 2.24) is 10.2 Å². The van der Waals surface area contributed by atoms with E-state index in [9.17, 15) is 4.39 Å². The summed E-state index contributed by atoms with van der Waals surface area (Å²) in [5.74, 6) is -0.337. The van der Waals surface area contributed by atoms with Gasteiger partial charge >= 0.3 is 0 Å². The summed E-state index contributed by atoms with van der Waals surface area (Å²) in [6.45, 7) is 0. The van der Waals surface area contributed by atoms with E-state index >= 15 is 0 Å². The third kappa shape index (κ3) is 2.47. The molecule has 2 N–H and O–H groups in total. The van der Waals surface area contributed by atoms with E-state index in [1.165, 1.54) is 29.2 Å². The molecule has 0 aliphatic rings. The van der Waals surface area contributed by atoms with Crippen LogP contribution in [0.2, 0.25) is 0 Å². The molecule has 0 radical (unpaired) electrons. The Morgan fingerprint density at radius 2 is 2.27 bits per heavy atom. The fraction of sp³-hybridized carbons (Fsp3) is 0. The Bertz CT molecular complexity index is 475. The molecule has 0 saturated carbocycles. The second-order valence-electron chi connectivity index (χ2n) is 2.61. The quantitative estimate of drug-likeness (QED) is 0.866. The van der Waals surface area contributed by atoms with Crippen LogP contribution in [0.15, 0.2) is 31.4 Å². The summed E-state index contributed by atoms with van der Waals surface area (Å²) in [5, 5.41) is 7.54. The minimum absolute atomic E-state index is 0.337. The molecule has 15 heavy (non-hydrogen) atoms. The van der Waals surface area contributed by atoms with Crippen LogP contribution in [0, 0.1) is 5.82 Å². The molecule has 0 fully saturated rings. The van der Waals surface area contributed by atoms with Crippen molar-refractivity contribution in [1.29, 1.82) is 0 Å². The predicted octanol–water partition coefficient (Wildman–Crippen LogP) is 3.17. The van der Waals surface area contributed by atoms with Crippen LogP contribution in [0.3, 0.4) is 0 Å². The van der Waals surface area contributed by atoms with Crippen molar-refractivity contribution < 1.29 is 4.39 Å². The van der Waals surface area contributed by atoms with Crippen LogP contribution in [0.4, 0.5) is 10.1 Å². The molecule has 0 atom stereocenters. The first-order valence-electron chi connectivity index (χ1n) is 3.85. The third-order valence-electron chi connectivity index (χ3n) is 1.59. The molecular formula is C8H5BrFN3S2. The lowest BCUT2D eigenvalue weighted by atomic mass is 10.3. The number of rotatable bonds is 2. The number of anilines is 1. The maximum absolute atomic E-state index is 13.2. The number of halogens is 2. The fourth-order valence-electron chi connectivity index (χ4n) is 0.934. The minimum Gasteiger partial charge on any atom is -0.398 e. The van der Waals surface area contributed by atoms with E-state index in [0.29, 0.717) is 15.1 Å².